The van der Waals surface area contributed by atoms with Crippen molar-refractivity contribution in [1.29, 1.82) is 0 Å². The molecular formula is C69H91F2N7O8. The molecule has 4 fully saturated rings. The van der Waals surface area contributed by atoms with Crippen LogP contribution in [0.4, 0.5) is 8.78 Å². The summed E-state index contributed by atoms with van der Waals surface area (Å²) in [6.07, 6.45) is 14.3. The Kier molecular flexibility index (Phi) is 24.0. The lowest BCUT2D eigenvalue weighted by atomic mass is 9.76. The van der Waals surface area contributed by atoms with Gasteiger partial charge >= 0.3 is 0 Å². The van der Waals surface area contributed by atoms with Crippen LogP contribution < -0.4 is 16.0 Å². The maximum atomic E-state index is 14.6. The molecule has 2 saturated carbocycles. The summed E-state index contributed by atoms with van der Waals surface area (Å²) in [5.74, 6) is -2.76. The summed E-state index contributed by atoms with van der Waals surface area (Å²) in [4.78, 5) is 119. The van der Waals surface area contributed by atoms with Gasteiger partial charge in [-0.1, -0.05) is 94.8 Å². The molecular weight excluding hydrogens is 1090 g/mol. The van der Waals surface area contributed by atoms with E-state index in [9.17, 15) is 47.1 Å². The molecule has 4 aromatic rings. The van der Waals surface area contributed by atoms with E-state index in [1.165, 1.54) is 24.3 Å². The quantitative estimate of drug-likeness (QED) is 0.0466. The van der Waals surface area contributed by atoms with E-state index < -0.39 is 17.9 Å². The van der Waals surface area contributed by atoms with E-state index in [0.717, 1.165) is 88.2 Å². The van der Waals surface area contributed by atoms with Gasteiger partial charge in [0, 0.05) is 93.6 Å². The standard InChI is InChI=1S/C69H91F2N7O8/c1-5-46(2)66(83)74-65(51-16-10-7-11-17-51)69(86)78-37-13-19-59(78)44-75(38-34-48-20-28-56(70)29-21-48)63(81)33-32-61(79)54-26-24-53-41-55(27-25-52(53)40-54)67(84)73-43-64(82)76(39-35-49-22-30-57(71)31-23-49)45-58-18-12-36-77(58)68(85)60(42-62(80)47(3)72-4)50-14-8-6-9-15-50/h20-31,40-41,46-47,50-51,58-60,65,72H,5-19,32-39,42-45H2,1-4H3,(H,73,84)(H,74,83)/t46-,47+,58+,59+,60+,65+/m1/s1. The topological polar surface area (TPSA) is 186 Å². The number of nitrogens with one attached hydrogen (secondary N) is 3. The van der Waals surface area contributed by atoms with Crippen LogP contribution in [0.25, 0.3) is 10.8 Å². The highest BCUT2D eigenvalue weighted by Crippen LogP contribution is 2.36. The van der Waals surface area contributed by atoms with Crippen molar-refractivity contribution in [2.24, 2.45) is 23.7 Å². The second kappa shape index (κ2) is 31.7. The van der Waals surface area contributed by atoms with Crippen molar-refractivity contribution in [3.8, 4) is 0 Å². The Balaban J connectivity index is 0.901. The monoisotopic (exact) mass is 1180 g/mol. The molecule has 2 aliphatic heterocycles. The predicted molar refractivity (Wildman–Crippen MR) is 329 cm³/mol. The number of likely N-dealkylation sites (tertiary alicyclic amines) is 2. The van der Waals surface area contributed by atoms with E-state index in [0.29, 0.717) is 73.6 Å². The van der Waals surface area contributed by atoms with Crippen LogP contribution in [0.1, 0.15) is 168 Å². The SMILES string of the molecule is CC[C@@H](C)C(=O)N[C@H](C(=O)N1CCC[C@H]1CN(CCc1ccc(F)cc1)C(=O)CCC(=O)c1ccc2cc(C(=O)NCC(=O)N(CCc3ccc(F)cc3)C[C@@H]3CCCN3C(=O)[C@@H](CC(=O)[C@H](C)NC)C3CCCCC3)ccc2c1)C1CCCCC1. The van der Waals surface area contributed by atoms with E-state index in [4.69, 9.17) is 0 Å². The number of benzene rings is 4. The number of nitrogens with zero attached hydrogens (tertiary/aromatic N) is 4. The Labute approximate surface area is 507 Å². The number of fused-ring (bicyclic) bond motifs is 1. The van der Waals surface area contributed by atoms with Gasteiger partial charge in [0.05, 0.1) is 12.6 Å². The minimum atomic E-state index is -0.633. The predicted octanol–water partition coefficient (Wildman–Crippen LogP) is 9.81. The molecule has 464 valence electrons. The Bertz CT molecular complexity index is 2780. The molecule has 0 aromatic heterocycles. The number of rotatable bonds is 28. The highest BCUT2D eigenvalue weighted by Gasteiger charge is 2.42. The van der Waals surface area contributed by atoms with Gasteiger partial charge in [-0.2, -0.15) is 0 Å². The summed E-state index contributed by atoms with van der Waals surface area (Å²) in [7, 11) is 1.74. The van der Waals surface area contributed by atoms with Gasteiger partial charge in [-0.05, 0) is 161 Å². The molecule has 15 nitrogen and oxygen atoms in total. The van der Waals surface area contributed by atoms with Crippen molar-refractivity contribution < 1.29 is 47.1 Å². The van der Waals surface area contributed by atoms with E-state index in [-0.39, 0.29) is 134 Å². The first-order valence-corrected chi connectivity index (χ1v) is 32.0. The van der Waals surface area contributed by atoms with Crippen LogP contribution in [0.15, 0.2) is 84.9 Å². The number of carbonyl (C=O) groups excluding carboxylic acids is 8. The first-order chi connectivity index (χ1) is 41.5. The number of ketones is 2. The minimum Gasteiger partial charge on any atom is -0.344 e. The first-order valence-electron chi connectivity index (χ1n) is 32.0. The van der Waals surface area contributed by atoms with E-state index in [1.807, 2.05) is 30.6 Å². The lowest BCUT2D eigenvalue weighted by Crippen LogP contribution is -2.56. The highest BCUT2D eigenvalue weighted by molar-refractivity contribution is 6.04. The second-order valence-electron chi connectivity index (χ2n) is 24.8. The van der Waals surface area contributed by atoms with Crippen LogP contribution >= 0.6 is 0 Å². The van der Waals surface area contributed by atoms with Crippen molar-refractivity contribution in [2.45, 2.75) is 173 Å². The van der Waals surface area contributed by atoms with Crippen LogP contribution in [-0.2, 0) is 41.6 Å². The lowest BCUT2D eigenvalue weighted by Gasteiger charge is -2.37. The molecule has 2 aliphatic carbocycles. The smallest absolute Gasteiger partial charge is 0.251 e. The molecule has 3 N–H and O–H groups in total. The molecule has 6 atom stereocenters. The van der Waals surface area contributed by atoms with E-state index in [2.05, 4.69) is 16.0 Å². The molecule has 2 heterocycles. The lowest BCUT2D eigenvalue weighted by molar-refractivity contribution is -0.143. The van der Waals surface area contributed by atoms with Gasteiger partial charge in [0.2, 0.25) is 29.5 Å². The maximum Gasteiger partial charge on any atom is 0.251 e. The van der Waals surface area contributed by atoms with Crippen molar-refractivity contribution >= 4 is 57.8 Å². The maximum absolute atomic E-state index is 14.6. The molecule has 0 bridgehead atoms. The summed E-state index contributed by atoms with van der Waals surface area (Å²) < 4.78 is 27.8. The summed E-state index contributed by atoms with van der Waals surface area (Å²) in [5.41, 5.74) is 2.38. The van der Waals surface area contributed by atoms with Gasteiger partial charge < -0.3 is 35.6 Å². The second-order valence-corrected chi connectivity index (χ2v) is 24.8. The zero-order valence-corrected chi connectivity index (χ0v) is 51.1. The van der Waals surface area contributed by atoms with Crippen molar-refractivity contribution in [2.75, 3.05) is 52.9 Å². The van der Waals surface area contributed by atoms with Gasteiger partial charge in [-0.15, -0.1) is 0 Å². The average Bonchev–Trinajstić information content (AvgIpc) is 4.39. The Morgan fingerprint density at radius 2 is 1.10 bits per heavy atom. The first kappa shape index (κ1) is 65.1. The third-order valence-electron chi connectivity index (χ3n) is 19.1. The highest BCUT2D eigenvalue weighted by atomic mass is 19.1. The zero-order valence-electron chi connectivity index (χ0n) is 51.1. The summed E-state index contributed by atoms with van der Waals surface area (Å²) in [6, 6.07) is 20.9. The summed E-state index contributed by atoms with van der Waals surface area (Å²) in [6.45, 7) is 7.47. The van der Waals surface area contributed by atoms with Crippen LogP contribution in [-0.4, -0.2) is 144 Å². The molecule has 0 unspecified atom stereocenters. The number of Topliss-reactive ketones (excluding diaryl/α,β-unsaturated/α-hetero) is 2. The van der Waals surface area contributed by atoms with Gasteiger partial charge in [-0.3, -0.25) is 38.4 Å². The summed E-state index contributed by atoms with van der Waals surface area (Å²) in [5, 5.41) is 10.4. The fraction of sp³-hybridized carbons (Fsp3) is 0.565. The molecule has 86 heavy (non-hydrogen) atoms. The van der Waals surface area contributed by atoms with E-state index in [1.54, 1.807) is 77.5 Å². The third-order valence-corrected chi connectivity index (χ3v) is 19.1. The Morgan fingerprint density at radius 1 is 0.593 bits per heavy atom. The van der Waals surface area contributed by atoms with Crippen molar-refractivity contribution in [3.63, 3.8) is 0 Å². The molecule has 17 heteroatoms. The van der Waals surface area contributed by atoms with Crippen LogP contribution in [0.2, 0.25) is 0 Å². The number of carbonyl (C=O) groups is 8. The molecule has 0 spiro atoms. The minimum absolute atomic E-state index is 0.0101. The fourth-order valence-electron chi connectivity index (χ4n) is 13.3. The summed E-state index contributed by atoms with van der Waals surface area (Å²) >= 11 is 0. The van der Waals surface area contributed by atoms with Gasteiger partial charge in [-0.25, -0.2) is 8.78 Å². The number of hydrogen-bond acceptors (Lipinski definition) is 9. The Hall–Kier alpha value is -6.88. The van der Waals surface area contributed by atoms with Gasteiger partial charge in [0.1, 0.15) is 23.5 Å². The fourth-order valence-corrected chi connectivity index (χ4v) is 13.3. The number of amides is 6. The zero-order chi connectivity index (χ0) is 61.3. The average molecular weight is 1180 g/mol. The molecule has 0 radical (unpaired) electrons. The van der Waals surface area contributed by atoms with Crippen molar-refractivity contribution in [1.82, 2.24) is 35.6 Å². The largest absolute Gasteiger partial charge is 0.344 e. The number of hydrogen-bond donors (Lipinski definition) is 3. The molecule has 4 aliphatic rings. The molecule has 6 amide bonds. The number of likely N-dealkylation sites (N-methyl/N-ethyl adjacent to an activating group) is 1. The van der Waals surface area contributed by atoms with Gasteiger partial charge in [0.25, 0.3) is 5.91 Å². The van der Waals surface area contributed by atoms with Crippen LogP contribution in [0.3, 0.4) is 0 Å². The van der Waals surface area contributed by atoms with E-state index >= 15 is 0 Å². The molecule has 2 saturated heterocycles. The van der Waals surface area contributed by atoms with Crippen LogP contribution in [0, 0.1) is 35.3 Å². The molecule has 8 rings (SSSR count). The van der Waals surface area contributed by atoms with Crippen molar-refractivity contribution in [3.05, 3.63) is 119 Å². The third kappa shape index (κ3) is 17.6. The van der Waals surface area contributed by atoms with Crippen LogP contribution in [0.5, 0.6) is 0 Å². The van der Waals surface area contributed by atoms with Gasteiger partial charge in [0.15, 0.2) is 5.78 Å². The molecule has 4 aromatic carbocycles. The Morgan fingerprint density at radius 3 is 1.65 bits per heavy atom. The normalized spacial score (nSPS) is 18.9. The number of halogens is 2.